The number of nitrogens with zero attached hydrogens (tertiary/aromatic N) is 2. The summed E-state index contributed by atoms with van der Waals surface area (Å²) in [6, 6.07) is 15.8. The lowest BCUT2D eigenvalue weighted by Crippen LogP contribution is -2.49. The summed E-state index contributed by atoms with van der Waals surface area (Å²) in [7, 11) is 0. The Morgan fingerprint density at radius 2 is 1.69 bits per heavy atom. The SMILES string of the molecule is CC1=CC[C@H]2C(=O)N(N(Cc3ccccc3)C(=O)c3ccc(Cl)cc3)C(=O)[C@@H]2C1. The van der Waals surface area contributed by atoms with E-state index in [0.29, 0.717) is 23.4 Å². The fraction of sp³-hybridized carbons (Fsp3) is 0.261. The normalized spacial score (nSPS) is 21.0. The van der Waals surface area contributed by atoms with Crippen LogP contribution >= 0.6 is 11.6 Å². The predicted octanol–water partition coefficient (Wildman–Crippen LogP) is 4.24. The van der Waals surface area contributed by atoms with E-state index >= 15 is 0 Å². The third-order valence-corrected chi connectivity index (χ3v) is 5.79. The van der Waals surface area contributed by atoms with Gasteiger partial charge in [0.2, 0.25) is 0 Å². The molecule has 2 atom stereocenters. The average Bonchev–Trinajstić information content (AvgIpc) is 2.97. The minimum absolute atomic E-state index is 0.131. The van der Waals surface area contributed by atoms with Gasteiger partial charge in [-0.1, -0.05) is 53.6 Å². The lowest BCUT2D eigenvalue weighted by molar-refractivity contribution is -0.155. The molecule has 1 aliphatic heterocycles. The molecule has 4 rings (SSSR count). The number of hydrazine groups is 1. The number of fused-ring (bicyclic) bond motifs is 1. The van der Waals surface area contributed by atoms with E-state index in [4.69, 9.17) is 11.6 Å². The summed E-state index contributed by atoms with van der Waals surface area (Å²) in [6.45, 7) is 2.10. The zero-order chi connectivity index (χ0) is 20.5. The second-order valence-electron chi connectivity index (χ2n) is 7.55. The smallest absolute Gasteiger partial charge is 0.272 e. The van der Waals surface area contributed by atoms with E-state index in [9.17, 15) is 14.4 Å². The van der Waals surface area contributed by atoms with Crippen molar-refractivity contribution in [3.63, 3.8) is 0 Å². The van der Waals surface area contributed by atoms with Gasteiger partial charge >= 0.3 is 0 Å². The molecule has 0 N–H and O–H groups in total. The van der Waals surface area contributed by atoms with Gasteiger partial charge in [0.15, 0.2) is 0 Å². The molecule has 0 unspecified atom stereocenters. The highest BCUT2D eigenvalue weighted by Gasteiger charge is 2.51. The number of halogens is 1. The summed E-state index contributed by atoms with van der Waals surface area (Å²) >= 11 is 5.95. The third kappa shape index (κ3) is 3.70. The molecular weight excluding hydrogens is 388 g/mol. The molecule has 2 aliphatic rings. The molecule has 0 aromatic heterocycles. The maximum absolute atomic E-state index is 13.3. The highest BCUT2D eigenvalue weighted by atomic mass is 35.5. The van der Waals surface area contributed by atoms with Gasteiger partial charge in [-0.2, -0.15) is 5.01 Å². The molecule has 3 amide bonds. The minimum atomic E-state index is -0.407. The molecule has 2 aromatic carbocycles. The number of carbonyl (C=O) groups is 3. The molecule has 0 radical (unpaired) electrons. The number of allylic oxidation sites excluding steroid dienone is 2. The highest BCUT2D eigenvalue weighted by molar-refractivity contribution is 6.30. The van der Waals surface area contributed by atoms with Crippen molar-refractivity contribution in [2.45, 2.75) is 26.3 Å². The van der Waals surface area contributed by atoms with Gasteiger partial charge in [0.1, 0.15) is 0 Å². The van der Waals surface area contributed by atoms with Crippen molar-refractivity contribution >= 4 is 29.3 Å². The van der Waals surface area contributed by atoms with E-state index in [2.05, 4.69) is 0 Å². The molecule has 1 aliphatic carbocycles. The van der Waals surface area contributed by atoms with E-state index in [1.165, 1.54) is 5.01 Å². The number of hydrogen-bond donors (Lipinski definition) is 0. The molecule has 2 aromatic rings. The van der Waals surface area contributed by atoms with Gasteiger partial charge in [-0.3, -0.25) is 14.4 Å². The van der Waals surface area contributed by atoms with Crippen LogP contribution in [0.3, 0.4) is 0 Å². The number of rotatable bonds is 4. The number of hydrogen-bond acceptors (Lipinski definition) is 3. The van der Waals surface area contributed by atoms with E-state index in [0.717, 1.165) is 16.1 Å². The first-order valence-electron chi connectivity index (χ1n) is 9.60. The van der Waals surface area contributed by atoms with Crippen LogP contribution in [0.5, 0.6) is 0 Å². The standard InChI is InChI=1S/C23H21ClN2O3/c1-15-7-12-19-20(13-15)23(29)26(22(19)28)25(14-16-5-3-2-4-6-16)21(27)17-8-10-18(24)11-9-17/h2-11,19-20H,12-14H2,1H3/t19-,20-/m1/s1. The topological polar surface area (TPSA) is 57.7 Å². The van der Waals surface area contributed by atoms with Crippen LogP contribution in [-0.2, 0) is 16.1 Å². The van der Waals surface area contributed by atoms with Crippen LogP contribution in [0.2, 0.25) is 5.02 Å². The fourth-order valence-corrected chi connectivity index (χ4v) is 4.12. The Kier molecular flexibility index (Phi) is 5.24. The Bertz CT molecular complexity index is 985. The Hall–Kier alpha value is -2.92. The Labute approximate surface area is 174 Å². The molecule has 0 saturated carbocycles. The molecule has 0 bridgehead atoms. The largest absolute Gasteiger partial charge is 0.273 e. The molecular formula is C23H21ClN2O3. The first-order chi connectivity index (χ1) is 14.0. The average molecular weight is 409 g/mol. The summed E-state index contributed by atoms with van der Waals surface area (Å²) < 4.78 is 0. The zero-order valence-corrected chi connectivity index (χ0v) is 16.8. The van der Waals surface area contributed by atoms with Crippen LogP contribution in [-0.4, -0.2) is 27.7 Å². The predicted molar refractivity (Wildman–Crippen MR) is 110 cm³/mol. The molecule has 0 spiro atoms. The van der Waals surface area contributed by atoms with Gasteiger partial charge in [-0.05, 0) is 49.6 Å². The Morgan fingerprint density at radius 1 is 1.03 bits per heavy atom. The third-order valence-electron chi connectivity index (χ3n) is 5.54. The summed E-state index contributed by atoms with van der Waals surface area (Å²) in [5.74, 6) is -1.81. The summed E-state index contributed by atoms with van der Waals surface area (Å²) in [4.78, 5) is 39.7. The van der Waals surface area contributed by atoms with E-state index in [-0.39, 0.29) is 18.4 Å². The quantitative estimate of drug-likeness (QED) is 0.561. The molecule has 6 heteroatoms. The summed E-state index contributed by atoms with van der Waals surface area (Å²) in [5.41, 5.74) is 2.31. The van der Waals surface area contributed by atoms with Crippen LogP contribution in [0.1, 0.15) is 35.7 Å². The maximum Gasteiger partial charge on any atom is 0.273 e. The van der Waals surface area contributed by atoms with Crippen molar-refractivity contribution in [1.29, 1.82) is 0 Å². The molecule has 148 valence electrons. The second kappa shape index (κ2) is 7.84. The van der Waals surface area contributed by atoms with Gasteiger partial charge in [0.25, 0.3) is 17.7 Å². The van der Waals surface area contributed by atoms with Crippen molar-refractivity contribution in [3.05, 3.63) is 82.4 Å². The molecule has 1 heterocycles. The Morgan fingerprint density at radius 3 is 2.38 bits per heavy atom. The summed E-state index contributed by atoms with van der Waals surface area (Å²) in [6.07, 6.45) is 3.10. The zero-order valence-electron chi connectivity index (χ0n) is 16.0. The van der Waals surface area contributed by atoms with Gasteiger partial charge in [-0.15, -0.1) is 0 Å². The van der Waals surface area contributed by atoms with Crippen molar-refractivity contribution < 1.29 is 14.4 Å². The molecule has 1 saturated heterocycles. The number of benzene rings is 2. The lowest BCUT2D eigenvalue weighted by Gasteiger charge is -2.30. The molecule has 5 nitrogen and oxygen atoms in total. The monoisotopic (exact) mass is 408 g/mol. The first-order valence-corrected chi connectivity index (χ1v) is 9.98. The van der Waals surface area contributed by atoms with Crippen LogP contribution in [0.25, 0.3) is 0 Å². The molecule has 29 heavy (non-hydrogen) atoms. The van der Waals surface area contributed by atoms with Crippen molar-refractivity contribution in [2.75, 3.05) is 0 Å². The minimum Gasteiger partial charge on any atom is -0.272 e. The number of amides is 3. The lowest BCUT2D eigenvalue weighted by atomic mass is 9.82. The summed E-state index contributed by atoms with van der Waals surface area (Å²) in [5, 5.41) is 2.86. The number of imide groups is 1. The highest BCUT2D eigenvalue weighted by Crippen LogP contribution is 2.39. The number of carbonyl (C=O) groups excluding carboxylic acids is 3. The van der Waals surface area contributed by atoms with Crippen LogP contribution in [0, 0.1) is 11.8 Å². The first kappa shape index (κ1) is 19.4. The van der Waals surface area contributed by atoms with Crippen LogP contribution in [0.4, 0.5) is 0 Å². The fourth-order valence-electron chi connectivity index (χ4n) is 3.99. The van der Waals surface area contributed by atoms with Crippen molar-refractivity contribution in [3.8, 4) is 0 Å². The van der Waals surface area contributed by atoms with Gasteiger partial charge < -0.3 is 0 Å². The van der Waals surface area contributed by atoms with E-state index in [1.807, 2.05) is 43.3 Å². The van der Waals surface area contributed by atoms with E-state index < -0.39 is 17.7 Å². The van der Waals surface area contributed by atoms with Crippen LogP contribution < -0.4 is 0 Å². The maximum atomic E-state index is 13.3. The van der Waals surface area contributed by atoms with E-state index in [1.54, 1.807) is 24.3 Å². The van der Waals surface area contributed by atoms with Crippen molar-refractivity contribution in [1.82, 2.24) is 10.0 Å². The van der Waals surface area contributed by atoms with Gasteiger partial charge in [-0.25, -0.2) is 5.01 Å². The molecule has 1 fully saturated rings. The van der Waals surface area contributed by atoms with Gasteiger partial charge in [0.05, 0.1) is 18.4 Å². The van der Waals surface area contributed by atoms with Crippen LogP contribution in [0.15, 0.2) is 66.2 Å². The van der Waals surface area contributed by atoms with Crippen molar-refractivity contribution in [2.24, 2.45) is 11.8 Å². The Balaban J connectivity index is 1.70. The second-order valence-corrected chi connectivity index (χ2v) is 7.98. The van der Waals surface area contributed by atoms with Gasteiger partial charge in [0, 0.05) is 10.6 Å².